The molecule has 1 N–H and O–H groups in total. The van der Waals surface area contributed by atoms with Gasteiger partial charge in [0.15, 0.2) is 0 Å². The van der Waals surface area contributed by atoms with Gasteiger partial charge >= 0.3 is 6.18 Å². The quantitative estimate of drug-likeness (QED) is 0.801. The molecule has 0 aliphatic rings. The molecule has 17 heavy (non-hydrogen) atoms. The Morgan fingerprint density at radius 2 is 1.94 bits per heavy atom. The number of halogens is 5. The number of hydrogen-bond acceptors (Lipinski definition) is 3. The van der Waals surface area contributed by atoms with Crippen molar-refractivity contribution in [1.29, 1.82) is 0 Å². The standard InChI is InChI=1S/C9H3BrClF3N2O/c10-3-1-4-5(8(17)16-2-15-4)6(7(3)11)9(12,13)14/h1-2H,(H,15,16,17). The highest BCUT2D eigenvalue weighted by molar-refractivity contribution is 9.10. The fourth-order valence-corrected chi connectivity index (χ4v) is 2.09. The van der Waals surface area contributed by atoms with Crippen LogP contribution in [0.4, 0.5) is 13.2 Å². The van der Waals surface area contributed by atoms with Gasteiger partial charge in [0.2, 0.25) is 5.88 Å². The number of alkyl halides is 3. The van der Waals surface area contributed by atoms with E-state index >= 15 is 0 Å². The second-order valence-electron chi connectivity index (χ2n) is 3.14. The van der Waals surface area contributed by atoms with Crippen molar-refractivity contribution in [3.63, 3.8) is 0 Å². The molecule has 1 aromatic carbocycles. The highest BCUT2D eigenvalue weighted by Gasteiger charge is 2.37. The summed E-state index contributed by atoms with van der Waals surface area (Å²) in [5.41, 5.74) is -1.19. The number of aromatic hydroxyl groups is 1. The minimum atomic E-state index is -4.71. The van der Waals surface area contributed by atoms with E-state index < -0.39 is 28.0 Å². The van der Waals surface area contributed by atoms with Crippen molar-refractivity contribution < 1.29 is 18.3 Å². The van der Waals surface area contributed by atoms with Crippen LogP contribution in [0.2, 0.25) is 5.02 Å². The van der Waals surface area contributed by atoms with Crippen LogP contribution < -0.4 is 0 Å². The molecule has 0 radical (unpaired) electrons. The van der Waals surface area contributed by atoms with Crippen LogP contribution in [-0.2, 0) is 6.18 Å². The SMILES string of the molecule is Oc1ncnc2cc(Br)c(Cl)c(C(F)(F)F)c12. The minimum Gasteiger partial charge on any atom is -0.493 e. The van der Waals surface area contributed by atoms with Crippen molar-refractivity contribution in [2.75, 3.05) is 0 Å². The molecule has 90 valence electrons. The van der Waals surface area contributed by atoms with Gasteiger partial charge < -0.3 is 5.11 Å². The zero-order chi connectivity index (χ0) is 12.8. The summed E-state index contributed by atoms with van der Waals surface area (Å²) in [5.74, 6) is -0.753. The van der Waals surface area contributed by atoms with E-state index in [1.54, 1.807) is 0 Å². The normalized spacial score (nSPS) is 12.1. The summed E-state index contributed by atoms with van der Waals surface area (Å²) in [6.45, 7) is 0. The third kappa shape index (κ3) is 2.04. The number of nitrogens with zero attached hydrogens (tertiary/aromatic N) is 2. The monoisotopic (exact) mass is 326 g/mol. The maximum Gasteiger partial charge on any atom is 0.418 e. The zero-order valence-corrected chi connectivity index (χ0v) is 10.2. The Labute approximate surface area is 106 Å². The molecule has 1 aromatic heterocycles. The fourth-order valence-electron chi connectivity index (χ4n) is 1.42. The van der Waals surface area contributed by atoms with Gasteiger partial charge in [-0.2, -0.15) is 13.2 Å². The summed E-state index contributed by atoms with van der Waals surface area (Å²) in [6.07, 6.45) is -3.74. The average molecular weight is 327 g/mol. The molecule has 0 spiro atoms. The Bertz CT molecular complexity index is 603. The van der Waals surface area contributed by atoms with E-state index in [1.165, 1.54) is 6.07 Å². The lowest BCUT2D eigenvalue weighted by atomic mass is 10.1. The first-order valence-electron chi connectivity index (χ1n) is 4.21. The first-order chi connectivity index (χ1) is 7.82. The van der Waals surface area contributed by atoms with Crippen molar-refractivity contribution in [1.82, 2.24) is 9.97 Å². The summed E-state index contributed by atoms with van der Waals surface area (Å²) in [7, 11) is 0. The number of hydrogen-bond donors (Lipinski definition) is 1. The van der Waals surface area contributed by atoms with Crippen LogP contribution in [0.15, 0.2) is 16.9 Å². The topological polar surface area (TPSA) is 46.0 Å². The van der Waals surface area contributed by atoms with Gasteiger partial charge in [-0.3, -0.25) is 0 Å². The van der Waals surface area contributed by atoms with E-state index in [0.29, 0.717) is 0 Å². The molecular weight excluding hydrogens is 324 g/mol. The Morgan fingerprint density at radius 1 is 1.29 bits per heavy atom. The molecule has 0 aliphatic carbocycles. The predicted octanol–water partition coefficient (Wildman–Crippen LogP) is 3.77. The molecule has 0 amide bonds. The van der Waals surface area contributed by atoms with E-state index in [9.17, 15) is 18.3 Å². The van der Waals surface area contributed by atoms with Crippen molar-refractivity contribution in [3.8, 4) is 5.88 Å². The molecule has 8 heteroatoms. The molecule has 2 aromatic rings. The lowest BCUT2D eigenvalue weighted by Gasteiger charge is -2.13. The van der Waals surface area contributed by atoms with Crippen molar-refractivity contribution in [2.24, 2.45) is 0 Å². The van der Waals surface area contributed by atoms with Crippen LogP contribution in [-0.4, -0.2) is 15.1 Å². The van der Waals surface area contributed by atoms with E-state index in [0.717, 1.165) is 6.33 Å². The predicted molar refractivity (Wildman–Crippen MR) is 58.9 cm³/mol. The van der Waals surface area contributed by atoms with Gasteiger partial charge in [0.25, 0.3) is 0 Å². The summed E-state index contributed by atoms with van der Waals surface area (Å²) >= 11 is 8.51. The number of fused-ring (bicyclic) bond motifs is 1. The molecule has 0 unspecified atom stereocenters. The van der Waals surface area contributed by atoms with Crippen LogP contribution in [0.3, 0.4) is 0 Å². The molecule has 0 atom stereocenters. The van der Waals surface area contributed by atoms with Gasteiger partial charge in [0.1, 0.15) is 6.33 Å². The highest BCUT2D eigenvalue weighted by atomic mass is 79.9. The zero-order valence-electron chi connectivity index (χ0n) is 7.89. The summed E-state index contributed by atoms with van der Waals surface area (Å²) in [5, 5.41) is 8.37. The Kier molecular flexibility index (Phi) is 2.90. The fraction of sp³-hybridized carbons (Fsp3) is 0.111. The van der Waals surface area contributed by atoms with Gasteiger partial charge in [-0.25, -0.2) is 9.97 Å². The third-order valence-corrected chi connectivity index (χ3v) is 3.33. The van der Waals surface area contributed by atoms with Crippen LogP contribution in [0.1, 0.15) is 5.56 Å². The molecular formula is C9H3BrClF3N2O. The first kappa shape index (κ1) is 12.4. The van der Waals surface area contributed by atoms with Crippen molar-refractivity contribution in [2.45, 2.75) is 6.18 Å². The Hall–Kier alpha value is -1.08. The van der Waals surface area contributed by atoms with Crippen LogP contribution in [0, 0.1) is 0 Å². The maximum atomic E-state index is 12.9. The summed E-state index contributed by atoms with van der Waals surface area (Å²) in [6, 6.07) is 1.29. The van der Waals surface area contributed by atoms with E-state index in [4.69, 9.17) is 11.6 Å². The van der Waals surface area contributed by atoms with Crippen molar-refractivity contribution in [3.05, 3.63) is 27.5 Å². The van der Waals surface area contributed by atoms with Crippen LogP contribution in [0.5, 0.6) is 5.88 Å². The molecule has 1 heterocycles. The number of aromatic nitrogens is 2. The maximum absolute atomic E-state index is 12.9. The molecule has 0 aliphatic heterocycles. The van der Waals surface area contributed by atoms with Gasteiger partial charge in [0, 0.05) is 4.47 Å². The third-order valence-electron chi connectivity index (χ3n) is 2.08. The average Bonchev–Trinajstić information content (AvgIpc) is 2.19. The number of rotatable bonds is 0. The van der Waals surface area contributed by atoms with E-state index in [2.05, 4.69) is 25.9 Å². The minimum absolute atomic E-state index is 0.0406. The van der Waals surface area contributed by atoms with E-state index in [-0.39, 0.29) is 9.99 Å². The van der Waals surface area contributed by atoms with Crippen LogP contribution >= 0.6 is 27.5 Å². The Balaban J connectivity index is 3.01. The Morgan fingerprint density at radius 3 is 2.53 bits per heavy atom. The molecule has 0 bridgehead atoms. The molecule has 0 saturated heterocycles. The van der Waals surface area contributed by atoms with Gasteiger partial charge in [-0.05, 0) is 22.0 Å². The van der Waals surface area contributed by atoms with Crippen LogP contribution in [0.25, 0.3) is 10.9 Å². The first-order valence-corrected chi connectivity index (χ1v) is 5.38. The second kappa shape index (κ2) is 3.99. The summed E-state index contributed by atoms with van der Waals surface area (Å²) < 4.78 is 38.7. The molecule has 0 saturated carbocycles. The highest BCUT2D eigenvalue weighted by Crippen LogP contribution is 2.44. The molecule has 3 nitrogen and oxygen atoms in total. The molecule has 2 rings (SSSR count). The summed E-state index contributed by atoms with van der Waals surface area (Å²) in [4.78, 5) is 6.98. The van der Waals surface area contributed by atoms with E-state index in [1.807, 2.05) is 0 Å². The number of benzene rings is 1. The second-order valence-corrected chi connectivity index (χ2v) is 4.37. The van der Waals surface area contributed by atoms with Gasteiger partial charge in [0.05, 0.1) is 21.5 Å². The molecule has 0 fully saturated rings. The smallest absolute Gasteiger partial charge is 0.418 e. The largest absolute Gasteiger partial charge is 0.493 e. The lowest BCUT2D eigenvalue weighted by molar-refractivity contribution is -0.136. The lowest BCUT2D eigenvalue weighted by Crippen LogP contribution is -2.08. The van der Waals surface area contributed by atoms with Crippen molar-refractivity contribution >= 4 is 38.4 Å². The van der Waals surface area contributed by atoms with Gasteiger partial charge in [-0.15, -0.1) is 0 Å². The van der Waals surface area contributed by atoms with Gasteiger partial charge in [-0.1, -0.05) is 11.6 Å².